The highest BCUT2D eigenvalue weighted by atomic mass is 16.5. The molecule has 0 atom stereocenters. The van der Waals surface area contributed by atoms with E-state index in [1.807, 2.05) is 42.5 Å². The fourth-order valence-electron chi connectivity index (χ4n) is 2.40. The van der Waals surface area contributed by atoms with Gasteiger partial charge in [0.2, 0.25) is 0 Å². The molecule has 6 heteroatoms. The van der Waals surface area contributed by atoms with E-state index in [-0.39, 0.29) is 5.91 Å². The van der Waals surface area contributed by atoms with Crippen molar-refractivity contribution in [2.45, 2.75) is 6.42 Å². The first-order valence-electron chi connectivity index (χ1n) is 8.31. The van der Waals surface area contributed by atoms with Crippen molar-refractivity contribution in [3.05, 3.63) is 77.9 Å². The Kier molecular flexibility index (Phi) is 5.77. The fourth-order valence-corrected chi connectivity index (χ4v) is 2.40. The Labute approximate surface area is 152 Å². The van der Waals surface area contributed by atoms with Crippen LogP contribution in [-0.2, 0) is 6.42 Å². The van der Waals surface area contributed by atoms with Crippen LogP contribution in [0.1, 0.15) is 15.9 Å². The minimum Gasteiger partial charge on any atom is -0.497 e. The number of carbonyl (C=O) groups excluding carboxylic acids is 1. The Morgan fingerprint density at radius 3 is 2.27 bits per heavy atom. The fraction of sp³-hybridized carbons (Fsp3) is 0.150. The molecule has 2 N–H and O–H groups in total. The monoisotopic (exact) mass is 348 g/mol. The van der Waals surface area contributed by atoms with Crippen LogP contribution < -0.4 is 15.4 Å². The lowest BCUT2D eigenvalue weighted by molar-refractivity contribution is 0.102. The first-order chi connectivity index (χ1) is 12.7. The molecule has 132 valence electrons. The Hall–Kier alpha value is -3.41. The predicted molar refractivity (Wildman–Crippen MR) is 102 cm³/mol. The summed E-state index contributed by atoms with van der Waals surface area (Å²) in [6.07, 6.45) is 0.859. The first-order valence-corrected chi connectivity index (χ1v) is 8.31. The van der Waals surface area contributed by atoms with Gasteiger partial charge in [-0.15, -0.1) is 10.2 Å². The van der Waals surface area contributed by atoms with Gasteiger partial charge in [0.1, 0.15) is 11.6 Å². The summed E-state index contributed by atoms with van der Waals surface area (Å²) in [7, 11) is 1.65. The standard InChI is InChI=1S/C20H20N4O2/c1-26-17-9-7-15(8-10-17)13-14-21-18-11-12-19(24-23-18)22-20(25)16-5-3-2-4-6-16/h2-12H,13-14H2,1H3,(H,21,23)(H,22,24,25). The van der Waals surface area contributed by atoms with Crippen molar-refractivity contribution < 1.29 is 9.53 Å². The molecule has 3 aromatic rings. The predicted octanol–water partition coefficient (Wildman–Crippen LogP) is 3.39. The maximum absolute atomic E-state index is 12.1. The van der Waals surface area contributed by atoms with Crippen molar-refractivity contribution in [2.24, 2.45) is 0 Å². The minimum absolute atomic E-state index is 0.208. The van der Waals surface area contributed by atoms with E-state index in [1.54, 1.807) is 31.4 Å². The third kappa shape index (κ3) is 4.80. The molecule has 0 spiro atoms. The summed E-state index contributed by atoms with van der Waals surface area (Å²) >= 11 is 0. The largest absolute Gasteiger partial charge is 0.497 e. The van der Waals surface area contributed by atoms with Crippen LogP contribution in [0.2, 0.25) is 0 Å². The highest BCUT2D eigenvalue weighted by Gasteiger charge is 2.06. The number of hydrogen-bond acceptors (Lipinski definition) is 5. The van der Waals surface area contributed by atoms with Crippen molar-refractivity contribution >= 4 is 17.5 Å². The van der Waals surface area contributed by atoms with Crippen molar-refractivity contribution in [3.63, 3.8) is 0 Å². The average molecular weight is 348 g/mol. The number of hydrogen-bond donors (Lipinski definition) is 2. The molecule has 26 heavy (non-hydrogen) atoms. The Balaban J connectivity index is 1.48. The molecule has 0 fully saturated rings. The third-order valence-corrected chi connectivity index (χ3v) is 3.82. The van der Waals surface area contributed by atoms with Gasteiger partial charge >= 0.3 is 0 Å². The molecule has 0 aliphatic carbocycles. The molecule has 0 aliphatic heterocycles. The first kappa shape index (κ1) is 17.4. The molecule has 0 radical (unpaired) electrons. The van der Waals surface area contributed by atoms with E-state index < -0.39 is 0 Å². The second-order valence-electron chi connectivity index (χ2n) is 5.65. The van der Waals surface area contributed by atoms with Gasteiger partial charge in [-0.1, -0.05) is 30.3 Å². The second kappa shape index (κ2) is 8.62. The van der Waals surface area contributed by atoms with Gasteiger partial charge in [0.15, 0.2) is 5.82 Å². The molecule has 0 unspecified atom stereocenters. The molecule has 1 aromatic heterocycles. The van der Waals surface area contributed by atoms with Gasteiger partial charge in [-0.05, 0) is 48.4 Å². The SMILES string of the molecule is COc1ccc(CCNc2ccc(NC(=O)c3ccccc3)nn2)cc1. The van der Waals surface area contributed by atoms with Crippen molar-refractivity contribution in [3.8, 4) is 5.75 Å². The molecule has 0 aliphatic rings. The Morgan fingerprint density at radius 2 is 1.62 bits per heavy atom. The van der Waals surface area contributed by atoms with Gasteiger partial charge in [0, 0.05) is 12.1 Å². The van der Waals surface area contributed by atoms with E-state index in [2.05, 4.69) is 20.8 Å². The van der Waals surface area contributed by atoms with Gasteiger partial charge in [-0.3, -0.25) is 4.79 Å². The number of carbonyl (C=O) groups is 1. The van der Waals surface area contributed by atoms with E-state index in [0.29, 0.717) is 17.2 Å². The van der Waals surface area contributed by atoms with Gasteiger partial charge in [0.25, 0.3) is 5.91 Å². The lowest BCUT2D eigenvalue weighted by atomic mass is 10.1. The van der Waals surface area contributed by atoms with Gasteiger partial charge in [-0.25, -0.2) is 0 Å². The second-order valence-corrected chi connectivity index (χ2v) is 5.65. The zero-order chi connectivity index (χ0) is 18.2. The average Bonchev–Trinajstić information content (AvgIpc) is 2.70. The summed E-state index contributed by atoms with van der Waals surface area (Å²) in [6.45, 7) is 0.733. The lowest BCUT2D eigenvalue weighted by Crippen LogP contribution is -2.14. The molecule has 1 heterocycles. The van der Waals surface area contributed by atoms with Crippen molar-refractivity contribution in [1.29, 1.82) is 0 Å². The lowest BCUT2D eigenvalue weighted by Gasteiger charge is -2.07. The number of methoxy groups -OCH3 is 1. The van der Waals surface area contributed by atoms with Crippen LogP contribution in [0.15, 0.2) is 66.7 Å². The highest BCUT2D eigenvalue weighted by Crippen LogP contribution is 2.12. The topological polar surface area (TPSA) is 76.1 Å². The maximum Gasteiger partial charge on any atom is 0.256 e. The summed E-state index contributed by atoms with van der Waals surface area (Å²) in [5, 5.41) is 14.1. The molecular weight excluding hydrogens is 328 g/mol. The number of nitrogens with one attached hydrogen (secondary N) is 2. The van der Waals surface area contributed by atoms with Crippen LogP contribution in [0.5, 0.6) is 5.75 Å². The van der Waals surface area contributed by atoms with Crippen molar-refractivity contribution in [1.82, 2.24) is 10.2 Å². The van der Waals surface area contributed by atoms with E-state index in [0.717, 1.165) is 18.7 Å². The van der Waals surface area contributed by atoms with Crippen LogP contribution in [0.3, 0.4) is 0 Å². The Morgan fingerprint density at radius 1 is 0.923 bits per heavy atom. The highest BCUT2D eigenvalue weighted by molar-refractivity contribution is 6.03. The Bertz CT molecular complexity index is 834. The smallest absolute Gasteiger partial charge is 0.256 e. The minimum atomic E-state index is -0.208. The molecule has 0 saturated heterocycles. The molecule has 2 aromatic carbocycles. The molecular formula is C20H20N4O2. The van der Waals surface area contributed by atoms with Crippen LogP contribution in [0.25, 0.3) is 0 Å². The third-order valence-electron chi connectivity index (χ3n) is 3.82. The van der Waals surface area contributed by atoms with Gasteiger partial charge < -0.3 is 15.4 Å². The van der Waals surface area contributed by atoms with Crippen LogP contribution >= 0.6 is 0 Å². The number of benzene rings is 2. The van der Waals surface area contributed by atoms with Crippen molar-refractivity contribution in [2.75, 3.05) is 24.3 Å². The van der Waals surface area contributed by atoms with E-state index in [9.17, 15) is 4.79 Å². The zero-order valence-electron chi connectivity index (χ0n) is 14.5. The maximum atomic E-state index is 12.1. The van der Waals surface area contributed by atoms with Crippen LogP contribution in [-0.4, -0.2) is 29.8 Å². The van der Waals surface area contributed by atoms with E-state index >= 15 is 0 Å². The molecule has 0 saturated carbocycles. The molecule has 3 rings (SSSR count). The normalized spacial score (nSPS) is 10.2. The van der Waals surface area contributed by atoms with E-state index in [1.165, 1.54) is 5.56 Å². The molecule has 1 amide bonds. The van der Waals surface area contributed by atoms with E-state index in [4.69, 9.17) is 4.74 Å². The zero-order valence-corrected chi connectivity index (χ0v) is 14.5. The van der Waals surface area contributed by atoms with Gasteiger partial charge in [-0.2, -0.15) is 0 Å². The quantitative estimate of drug-likeness (QED) is 0.684. The molecule has 6 nitrogen and oxygen atoms in total. The number of amides is 1. The van der Waals surface area contributed by atoms with Gasteiger partial charge in [0.05, 0.1) is 7.11 Å². The summed E-state index contributed by atoms with van der Waals surface area (Å²) in [4.78, 5) is 12.1. The summed E-state index contributed by atoms with van der Waals surface area (Å²) < 4.78 is 5.15. The van der Waals surface area contributed by atoms with Crippen LogP contribution in [0, 0.1) is 0 Å². The number of rotatable bonds is 7. The number of ether oxygens (including phenoxy) is 1. The van der Waals surface area contributed by atoms with Crippen LogP contribution in [0.4, 0.5) is 11.6 Å². The number of anilines is 2. The number of nitrogens with zero attached hydrogens (tertiary/aromatic N) is 2. The molecule has 0 bridgehead atoms. The summed E-state index contributed by atoms with van der Waals surface area (Å²) in [5.74, 6) is 1.72. The summed E-state index contributed by atoms with van der Waals surface area (Å²) in [6, 6.07) is 20.5. The number of aromatic nitrogens is 2. The summed E-state index contributed by atoms with van der Waals surface area (Å²) in [5.41, 5.74) is 1.79.